The van der Waals surface area contributed by atoms with E-state index in [1.165, 1.54) is 16.7 Å². The van der Waals surface area contributed by atoms with E-state index in [2.05, 4.69) is 69.3 Å². The first-order valence-electron chi connectivity index (χ1n) is 9.28. The molecule has 3 atom stereocenters. The molecule has 2 aromatic carbocycles. The number of aromatic nitrogens is 4. The van der Waals surface area contributed by atoms with E-state index in [4.69, 9.17) is 9.47 Å². The van der Waals surface area contributed by atoms with Crippen LogP contribution in [0.1, 0.15) is 47.3 Å². The van der Waals surface area contributed by atoms with Gasteiger partial charge in [0.15, 0.2) is 17.3 Å². The number of H-pyrrole nitrogens is 1. The van der Waals surface area contributed by atoms with Gasteiger partial charge in [-0.25, -0.2) is 0 Å². The van der Waals surface area contributed by atoms with Crippen LogP contribution < -0.4 is 14.8 Å². The molecule has 1 aromatic heterocycles. The Hall–Kier alpha value is -2.93. The van der Waals surface area contributed by atoms with Crippen LogP contribution in [0.3, 0.4) is 0 Å². The van der Waals surface area contributed by atoms with E-state index in [9.17, 15) is 0 Å². The number of hydrogen-bond acceptors (Lipinski definition) is 6. The second kappa shape index (κ2) is 6.66. The molecule has 27 heavy (non-hydrogen) atoms. The van der Waals surface area contributed by atoms with Crippen LogP contribution >= 0.6 is 0 Å². The van der Waals surface area contributed by atoms with Crippen molar-refractivity contribution in [2.75, 3.05) is 13.3 Å². The fraction of sp³-hybridized carbons (Fsp3) is 0.350. The molecular weight excluding hydrogens is 342 g/mol. The first-order valence-corrected chi connectivity index (χ1v) is 9.28. The number of nitrogens with one attached hydrogen (secondary N) is 2. The monoisotopic (exact) mass is 363 g/mol. The lowest BCUT2D eigenvalue weighted by Crippen LogP contribution is -2.18. The zero-order valence-corrected chi connectivity index (χ0v) is 15.1. The van der Waals surface area contributed by atoms with Crippen molar-refractivity contribution in [2.45, 2.75) is 31.2 Å². The van der Waals surface area contributed by atoms with Gasteiger partial charge in [0.05, 0.1) is 5.92 Å². The molecule has 2 N–H and O–H groups in total. The van der Waals surface area contributed by atoms with Crippen molar-refractivity contribution in [3.05, 3.63) is 65.0 Å². The van der Waals surface area contributed by atoms with Gasteiger partial charge in [-0.2, -0.15) is 5.21 Å². The molecule has 1 fully saturated rings. The molecule has 0 bridgehead atoms. The van der Waals surface area contributed by atoms with E-state index in [1.54, 1.807) is 0 Å². The van der Waals surface area contributed by atoms with Crippen LogP contribution in [0.2, 0.25) is 0 Å². The van der Waals surface area contributed by atoms with Crippen LogP contribution in [0.5, 0.6) is 11.5 Å². The number of hydrogen-bond donors (Lipinski definition) is 2. The van der Waals surface area contributed by atoms with Crippen molar-refractivity contribution >= 4 is 0 Å². The molecule has 0 aliphatic carbocycles. The number of rotatable bonds is 4. The van der Waals surface area contributed by atoms with Crippen molar-refractivity contribution in [1.29, 1.82) is 0 Å². The van der Waals surface area contributed by atoms with Crippen molar-refractivity contribution in [1.82, 2.24) is 25.9 Å². The third kappa shape index (κ3) is 2.84. The molecule has 0 radical (unpaired) electrons. The smallest absolute Gasteiger partial charge is 0.231 e. The highest BCUT2D eigenvalue weighted by Crippen LogP contribution is 2.46. The van der Waals surface area contributed by atoms with E-state index in [-0.39, 0.29) is 24.7 Å². The Labute approximate surface area is 157 Å². The van der Waals surface area contributed by atoms with Crippen molar-refractivity contribution in [3.63, 3.8) is 0 Å². The fourth-order valence-electron chi connectivity index (χ4n) is 4.13. The number of ether oxygens (including phenoxy) is 2. The predicted molar refractivity (Wildman–Crippen MR) is 98.8 cm³/mol. The molecule has 0 saturated carbocycles. The summed E-state index contributed by atoms with van der Waals surface area (Å²) in [5.74, 6) is 2.62. The lowest BCUT2D eigenvalue weighted by atomic mass is 9.82. The molecule has 7 nitrogen and oxygen atoms in total. The van der Waals surface area contributed by atoms with Gasteiger partial charge >= 0.3 is 0 Å². The van der Waals surface area contributed by atoms with E-state index in [0.29, 0.717) is 0 Å². The highest BCUT2D eigenvalue weighted by atomic mass is 16.7. The van der Waals surface area contributed by atoms with Gasteiger partial charge in [0.25, 0.3) is 0 Å². The summed E-state index contributed by atoms with van der Waals surface area (Å²) < 4.78 is 11.0. The Kier molecular flexibility index (Phi) is 4.01. The molecule has 0 spiro atoms. The number of aryl methyl sites for hydroxylation is 1. The summed E-state index contributed by atoms with van der Waals surface area (Å²) in [4.78, 5) is 0. The summed E-state index contributed by atoms with van der Waals surface area (Å²) in [6, 6.07) is 15.1. The summed E-state index contributed by atoms with van der Waals surface area (Å²) >= 11 is 0. The molecule has 2 unspecified atom stereocenters. The molecular formula is C20H21N5O2. The maximum atomic E-state index is 5.57. The summed E-state index contributed by atoms with van der Waals surface area (Å²) in [5.41, 5.74) is 3.76. The van der Waals surface area contributed by atoms with Gasteiger partial charge in [-0.05, 0) is 35.2 Å². The summed E-state index contributed by atoms with van der Waals surface area (Å²) in [7, 11) is 0. The Morgan fingerprint density at radius 2 is 1.85 bits per heavy atom. The van der Waals surface area contributed by atoms with Crippen LogP contribution in [-0.2, 0) is 6.42 Å². The standard InChI is InChI=1S/C20H21N5O2/c1-2-12-3-5-13(6-4-12)19-18(20-22-24-25-23-20)15(10-21-19)14-7-8-16-17(9-14)27-11-26-16/h3-9,15,18-19,21H,2,10-11H2,1H3,(H,22,23,24,25)/t15?,18-,19?/m1/s1. The Morgan fingerprint density at radius 3 is 2.63 bits per heavy atom. The van der Waals surface area contributed by atoms with Gasteiger partial charge < -0.3 is 14.8 Å². The van der Waals surface area contributed by atoms with Gasteiger partial charge in [-0.3, -0.25) is 0 Å². The third-order valence-electron chi connectivity index (χ3n) is 5.58. The average molecular weight is 363 g/mol. The van der Waals surface area contributed by atoms with Gasteiger partial charge in [-0.15, -0.1) is 10.2 Å². The predicted octanol–water partition coefficient (Wildman–Crippen LogP) is 2.70. The van der Waals surface area contributed by atoms with Crippen LogP contribution in [0.4, 0.5) is 0 Å². The molecule has 5 rings (SSSR count). The van der Waals surface area contributed by atoms with E-state index in [1.807, 2.05) is 6.07 Å². The summed E-state index contributed by atoms with van der Waals surface area (Å²) in [6.45, 7) is 3.28. The normalized spacial score (nSPS) is 23.7. The largest absolute Gasteiger partial charge is 0.454 e. The highest BCUT2D eigenvalue weighted by Gasteiger charge is 2.41. The van der Waals surface area contributed by atoms with Gasteiger partial charge in [-0.1, -0.05) is 42.5 Å². The first kappa shape index (κ1) is 16.3. The topological polar surface area (TPSA) is 85.0 Å². The molecule has 0 amide bonds. The molecule has 1 saturated heterocycles. The van der Waals surface area contributed by atoms with Crippen LogP contribution in [0.25, 0.3) is 0 Å². The molecule has 138 valence electrons. The molecule has 3 heterocycles. The lowest BCUT2D eigenvalue weighted by molar-refractivity contribution is 0.174. The molecule has 7 heteroatoms. The number of nitrogens with zero attached hydrogens (tertiary/aromatic N) is 3. The van der Waals surface area contributed by atoms with Gasteiger partial charge in [0.1, 0.15) is 0 Å². The van der Waals surface area contributed by atoms with E-state index in [0.717, 1.165) is 30.3 Å². The minimum atomic E-state index is 0.0802. The molecule has 2 aliphatic rings. The van der Waals surface area contributed by atoms with Crippen LogP contribution in [0, 0.1) is 0 Å². The highest BCUT2D eigenvalue weighted by molar-refractivity contribution is 5.47. The Bertz CT molecular complexity index is 926. The minimum Gasteiger partial charge on any atom is -0.454 e. The third-order valence-corrected chi connectivity index (χ3v) is 5.58. The fourth-order valence-corrected chi connectivity index (χ4v) is 4.13. The number of aromatic amines is 1. The van der Waals surface area contributed by atoms with E-state index >= 15 is 0 Å². The zero-order chi connectivity index (χ0) is 18.2. The number of benzene rings is 2. The van der Waals surface area contributed by atoms with Crippen LogP contribution in [0.15, 0.2) is 42.5 Å². The van der Waals surface area contributed by atoms with Crippen molar-refractivity contribution in [2.24, 2.45) is 0 Å². The number of tetrazole rings is 1. The minimum absolute atomic E-state index is 0.0802. The van der Waals surface area contributed by atoms with Crippen molar-refractivity contribution in [3.8, 4) is 11.5 Å². The summed E-state index contributed by atoms with van der Waals surface area (Å²) in [5, 5.41) is 18.7. The maximum Gasteiger partial charge on any atom is 0.231 e. The first-order chi connectivity index (χ1) is 13.3. The molecule has 3 aromatic rings. The quantitative estimate of drug-likeness (QED) is 0.741. The lowest BCUT2D eigenvalue weighted by Gasteiger charge is -2.22. The number of fused-ring (bicyclic) bond motifs is 1. The second-order valence-electron chi connectivity index (χ2n) is 7.00. The average Bonchev–Trinajstić information content (AvgIpc) is 3.46. The maximum absolute atomic E-state index is 5.57. The Morgan fingerprint density at radius 1 is 1.04 bits per heavy atom. The SMILES string of the molecule is CCc1ccc(C2NCC(c3ccc4c(c3)OCO4)[C@H]2c2nn[nH]n2)cc1. The molecule has 2 aliphatic heterocycles. The van der Waals surface area contributed by atoms with E-state index < -0.39 is 0 Å². The Balaban J connectivity index is 1.52. The van der Waals surface area contributed by atoms with Crippen LogP contribution in [-0.4, -0.2) is 34.0 Å². The second-order valence-corrected chi connectivity index (χ2v) is 7.00. The zero-order valence-electron chi connectivity index (χ0n) is 15.1. The van der Waals surface area contributed by atoms with Crippen molar-refractivity contribution < 1.29 is 9.47 Å². The van der Waals surface area contributed by atoms with Gasteiger partial charge in [0.2, 0.25) is 6.79 Å². The van der Waals surface area contributed by atoms with Gasteiger partial charge in [0, 0.05) is 18.5 Å². The summed E-state index contributed by atoms with van der Waals surface area (Å²) in [6.07, 6.45) is 1.03.